The molecule has 0 heterocycles. The highest BCUT2D eigenvalue weighted by atomic mass is 16.5. The standard InChI is InChI=1S/C10H9NO2/c1-2-7-13-10-6-4-3-5-9(10)8-11-12/h1,3-6,8,12H,7H2/b11-8-. The number of hydrogen-bond donors (Lipinski definition) is 1. The molecule has 0 bridgehead atoms. The Bertz CT molecular complexity index is 339. The molecule has 1 N–H and O–H groups in total. The van der Waals surface area contributed by atoms with Crippen LogP contribution in [0.3, 0.4) is 0 Å². The van der Waals surface area contributed by atoms with E-state index in [1.54, 1.807) is 12.1 Å². The van der Waals surface area contributed by atoms with Gasteiger partial charge in [0.2, 0.25) is 0 Å². The molecule has 0 aliphatic heterocycles. The first-order valence-electron chi connectivity index (χ1n) is 3.71. The fourth-order valence-corrected chi connectivity index (χ4v) is 0.900. The molecule has 1 aromatic carbocycles. The molecule has 0 unspecified atom stereocenters. The monoisotopic (exact) mass is 175 g/mol. The van der Waals surface area contributed by atoms with E-state index >= 15 is 0 Å². The van der Waals surface area contributed by atoms with E-state index < -0.39 is 0 Å². The van der Waals surface area contributed by atoms with Gasteiger partial charge in [0.05, 0.1) is 6.21 Å². The van der Waals surface area contributed by atoms with Crippen molar-refractivity contribution in [2.75, 3.05) is 6.61 Å². The molecule has 0 aliphatic rings. The molecule has 0 aliphatic carbocycles. The summed E-state index contributed by atoms with van der Waals surface area (Å²) in [5.41, 5.74) is 0.695. The van der Waals surface area contributed by atoms with E-state index in [9.17, 15) is 0 Å². The van der Waals surface area contributed by atoms with Crippen molar-refractivity contribution in [3.63, 3.8) is 0 Å². The van der Waals surface area contributed by atoms with E-state index in [-0.39, 0.29) is 6.61 Å². The molecule has 13 heavy (non-hydrogen) atoms. The van der Waals surface area contributed by atoms with Crippen molar-refractivity contribution >= 4 is 6.21 Å². The number of oxime groups is 1. The topological polar surface area (TPSA) is 41.8 Å². The highest BCUT2D eigenvalue weighted by molar-refractivity contribution is 5.82. The predicted octanol–water partition coefficient (Wildman–Crippen LogP) is 1.51. The first-order chi connectivity index (χ1) is 6.38. The fraction of sp³-hybridized carbons (Fsp3) is 0.100. The van der Waals surface area contributed by atoms with Crippen molar-refractivity contribution < 1.29 is 9.94 Å². The van der Waals surface area contributed by atoms with Crippen LogP contribution in [0.25, 0.3) is 0 Å². The van der Waals surface area contributed by atoms with Crippen LogP contribution < -0.4 is 4.74 Å². The number of ether oxygens (including phenoxy) is 1. The maximum Gasteiger partial charge on any atom is 0.148 e. The highest BCUT2D eigenvalue weighted by Crippen LogP contribution is 2.15. The van der Waals surface area contributed by atoms with Crippen LogP contribution in [0.1, 0.15) is 5.56 Å². The molecule has 66 valence electrons. The Balaban J connectivity index is 2.85. The lowest BCUT2D eigenvalue weighted by Gasteiger charge is -2.04. The van der Waals surface area contributed by atoms with E-state index in [2.05, 4.69) is 11.1 Å². The summed E-state index contributed by atoms with van der Waals surface area (Å²) in [5, 5.41) is 11.3. The molecule has 3 nitrogen and oxygen atoms in total. The zero-order chi connectivity index (χ0) is 9.52. The minimum atomic E-state index is 0.205. The normalized spacial score (nSPS) is 9.77. The Labute approximate surface area is 76.6 Å². The molecule has 3 heteroatoms. The van der Waals surface area contributed by atoms with Crippen LogP contribution in [-0.2, 0) is 0 Å². The van der Waals surface area contributed by atoms with E-state index in [1.165, 1.54) is 6.21 Å². The zero-order valence-electron chi connectivity index (χ0n) is 6.97. The summed E-state index contributed by atoms with van der Waals surface area (Å²) in [6, 6.07) is 7.17. The van der Waals surface area contributed by atoms with Gasteiger partial charge in [-0.15, -0.1) is 6.42 Å². The first kappa shape index (κ1) is 9.14. The summed E-state index contributed by atoms with van der Waals surface area (Å²) in [5.74, 6) is 2.97. The fourth-order valence-electron chi connectivity index (χ4n) is 0.900. The second-order valence-corrected chi connectivity index (χ2v) is 2.28. The number of benzene rings is 1. The van der Waals surface area contributed by atoms with Crippen LogP contribution in [0.2, 0.25) is 0 Å². The van der Waals surface area contributed by atoms with Crippen molar-refractivity contribution in [1.29, 1.82) is 0 Å². The van der Waals surface area contributed by atoms with Gasteiger partial charge in [-0.2, -0.15) is 0 Å². The van der Waals surface area contributed by atoms with Crippen LogP contribution in [0.15, 0.2) is 29.4 Å². The predicted molar refractivity (Wildman–Crippen MR) is 50.2 cm³/mol. The minimum absolute atomic E-state index is 0.205. The molecule has 1 rings (SSSR count). The molecular weight excluding hydrogens is 166 g/mol. The van der Waals surface area contributed by atoms with Gasteiger partial charge in [0.1, 0.15) is 12.4 Å². The number of terminal acetylenes is 1. The van der Waals surface area contributed by atoms with Crippen LogP contribution in [0, 0.1) is 12.3 Å². The second-order valence-electron chi connectivity index (χ2n) is 2.28. The summed E-state index contributed by atoms with van der Waals surface area (Å²) in [4.78, 5) is 0. The molecule has 0 atom stereocenters. The van der Waals surface area contributed by atoms with Gasteiger partial charge >= 0.3 is 0 Å². The van der Waals surface area contributed by atoms with Gasteiger partial charge in [-0.05, 0) is 12.1 Å². The van der Waals surface area contributed by atoms with E-state index in [4.69, 9.17) is 16.4 Å². The number of para-hydroxylation sites is 1. The SMILES string of the molecule is C#CCOc1ccccc1/C=N\O. The van der Waals surface area contributed by atoms with Gasteiger partial charge in [0, 0.05) is 5.56 Å². The summed E-state index contributed by atoms with van der Waals surface area (Å²) < 4.78 is 5.20. The molecule has 0 aromatic heterocycles. The van der Waals surface area contributed by atoms with Crippen molar-refractivity contribution in [3.8, 4) is 18.1 Å². The molecule has 0 saturated carbocycles. The van der Waals surface area contributed by atoms with Crippen LogP contribution in [0.5, 0.6) is 5.75 Å². The average molecular weight is 175 g/mol. The molecule has 0 spiro atoms. The van der Waals surface area contributed by atoms with Gasteiger partial charge < -0.3 is 9.94 Å². The maximum atomic E-state index is 8.34. The lowest BCUT2D eigenvalue weighted by molar-refractivity contribution is 0.321. The summed E-state index contributed by atoms with van der Waals surface area (Å²) >= 11 is 0. The maximum absolute atomic E-state index is 8.34. The third-order valence-corrected chi connectivity index (χ3v) is 1.43. The minimum Gasteiger partial charge on any atom is -0.480 e. The zero-order valence-corrected chi connectivity index (χ0v) is 6.97. The smallest absolute Gasteiger partial charge is 0.148 e. The average Bonchev–Trinajstić information content (AvgIpc) is 2.17. The van der Waals surface area contributed by atoms with Gasteiger partial charge in [-0.25, -0.2) is 0 Å². The number of hydrogen-bond acceptors (Lipinski definition) is 3. The van der Waals surface area contributed by atoms with E-state index in [1.807, 2.05) is 12.1 Å². The Morgan fingerprint density at radius 1 is 1.54 bits per heavy atom. The highest BCUT2D eigenvalue weighted by Gasteiger charge is 1.98. The second kappa shape index (κ2) is 4.83. The summed E-state index contributed by atoms with van der Waals surface area (Å²) in [6.45, 7) is 0.205. The summed E-state index contributed by atoms with van der Waals surface area (Å²) in [7, 11) is 0. The molecule has 1 aromatic rings. The Kier molecular flexibility index (Phi) is 3.40. The molecular formula is C10H9NO2. The van der Waals surface area contributed by atoms with Crippen molar-refractivity contribution in [3.05, 3.63) is 29.8 Å². The van der Waals surface area contributed by atoms with Gasteiger partial charge in [-0.1, -0.05) is 23.2 Å². The molecule has 0 saturated heterocycles. The first-order valence-corrected chi connectivity index (χ1v) is 3.71. The molecule has 0 fully saturated rings. The third-order valence-electron chi connectivity index (χ3n) is 1.43. The van der Waals surface area contributed by atoms with Crippen molar-refractivity contribution in [1.82, 2.24) is 0 Å². The van der Waals surface area contributed by atoms with E-state index in [0.29, 0.717) is 11.3 Å². The largest absolute Gasteiger partial charge is 0.480 e. The van der Waals surface area contributed by atoms with Gasteiger partial charge in [0.15, 0.2) is 0 Å². The Morgan fingerprint density at radius 3 is 3.00 bits per heavy atom. The van der Waals surface area contributed by atoms with E-state index in [0.717, 1.165) is 0 Å². The van der Waals surface area contributed by atoms with Gasteiger partial charge in [0.25, 0.3) is 0 Å². The Hall–Kier alpha value is -1.95. The van der Waals surface area contributed by atoms with Gasteiger partial charge in [-0.3, -0.25) is 0 Å². The quantitative estimate of drug-likeness (QED) is 0.327. The molecule has 0 amide bonds. The lowest BCUT2D eigenvalue weighted by atomic mass is 10.2. The number of nitrogens with zero attached hydrogens (tertiary/aromatic N) is 1. The van der Waals surface area contributed by atoms with Crippen molar-refractivity contribution in [2.24, 2.45) is 5.16 Å². The summed E-state index contributed by atoms with van der Waals surface area (Å²) in [6.07, 6.45) is 6.34. The lowest BCUT2D eigenvalue weighted by Crippen LogP contribution is -1.96. The molecule has 0 radical (unpaired) electrons. The third kappa shape index (κ3) is 2.53. The Morgan fingerprint density at radius 2 is 2.31 bits per heavy atom. The van der Waals surface area contributed by atoms with Crippen LogP contribution >= 0.6 is 0 Å². The van der Waals surface area contributed by atoms with Crippen molar-refractivity contribution in [2.45, 2.75) is 0 Å². The van der Waals surface area contributed by atoms with Crippen LogP contribution in [-0.4, -0.2) is 18.0 Å². The van der Waals surface area contributed by atoms with Crippen LogP contribution in [0.4, 0.5) is 0 Å². The number of rotatable bonds is 3.